The standard InChI is InChI=1S/C21H25N3O7/c1-10-18(11-5-16(26-2)19(28-4)17(6-11)27-3)12-7-14-15(30-9-29-14)8-13(12)31-20(10)23-24-21(22)25/h5-8,10,18,20,23H,9H2,1-4H3,(H3,22,24,25)/t10-,18+,20+/m1/s1. The molecular weight excluding hydrogens is 406 g/mol. The third kappa shape index (κ3) is 3.70. The first-order valence-corrected chi connectivity index (χ1v) is 9.67. The van der Waals surface area contributed by atoms with Gasteiger partial charge in [0, 0.05) is 23.5 Å². The molecule has 31 heavy (non-hydrogen) atoms. The number of benzene rings is 2. The highest BCUT2D eigenvalue weighted by Crippen LogP contribution is 2.51. The summed E-state index contributed by atoms with van der Waals surface area (Å²) in [6, 6.07) is 6.80. The minimum absolute atomic E-state index is 0.137. The molecule has 0 unspecified atom stereocenters. The molecule has 2 aromatic rings. The van der Waals surface area contributed by atoms with Crippen molar-refractivity contribution in [2.45, 2.75) is 19.1 Å². The van der Waals surface area contributed by atoms with Crippen molar-refractivity contribution in [2.24, 2.45) is 11.7 Å². The number of carbonyl (C=O) groups is 1. The fraction of sp³-hybridized carbons (Fsp3) is 0.381. The zero-order valence-electron chi connectivity index (χ0n) is 17.7. The van der Waals surface area contributed by atoms with Crippen LogP contribution in [0.2, 0.25) is 0 Å². The second-order valence-corrected chi connectivity index (χ2v) is 7.21. The molecule has 2 aliphatic rings. The van der Waals surface area contributed by atoms with Crippen LogP contribution in [-0.2, 0) is 0 Å². The van der Waals surface area contributed by atoms with Gasteiger partial charge in [-0.25, -0.2) is 4.79 Å². The number of hydrazine groups is 1. The van der Waals surface area contributed by atoms with Gasteiger partial charge in [0.25, 0.3) is 0 Å². The number of hydrogen-bond acceptors (Lipinski definition) is 8. The number of nitrogens with one attached hydrogen (secondary N) is 2. The molecule has 2 aromatic carbocycles. The van der Waals surface area contributed by atoms with E-state index in [2.05, 4.69) is 10.9 Å². The number of hydrogen-bond donors (Lipinski definition) is 3. The summed E-state index contributed by atoms with van der Waals surface area (Å²) in [5, 5.41) is 0. The third-order valence-corrected chi connectivity index (χ3v) is 5.48. The molecule has 0 fully saturated rings. The molecule has 4 N–H and O–H groups in total. The fourth-order valence-electron chi connectivity index (χ4n) is 4.05. The Morgan fingerprint density at radius 2 is 1.65 bits per heavy atom. The Hall–Kier alpha value is -3.53. The van der Waals surface area contributed by atoms with Crippen LogP contribution < -0.4 is 45.0 Å². The van der Waals surface area contributed by atoms with E-state index in [1.807, 2.05) is 25.1 Å². The normalized spacial score (nSPS) is 21.0. The minimum atomic E-state index is -0.711. The van der Waals surface area contributed by atoms with Crippen LogP contribution in [0.3, 0.4) is 0 Å². The van der Waals surface area contributed by atoms with E-state index in [0.29, 0.717) is 34.5 Å². The zero-order chi connectivity index (χ0) is 22.1. The Kier molecular flexibility index (Phi) is 5.55. The molecule has 2 heterocycles. The van der Waals surface area contributed by atoms with Gasteiger partial charge in [-0.2, -0.15) is 5.43 Å². The molecule has 2 amide bonds. The van der Waals surface area contributed by atoms with Crippen molar-refractivity contribution >= 4 is 6.03 Å². The minimum Gasteiger partial charge on any atom is -0.493 e. The molecule has 0 spiro atoms. The maximum absolute atomic E-state index is 11.2. The van der Waals surface area contributed by atoms with Crippen LogP contribution >= 0.6 is 0 Å². The summed E-state index contributed by atoms with van der Waals surface area (Å²) in [6.07, 6.45) is -0.565. The first-order chi connectivity index (χ1) is 15.0. The smallest absolute Gasteiger partial charge is 0.326 e. The zero-order valence-corrected chi connectivity index (χ0v) is 17.7. The first-order valence-electron chi connectivity index (χ1n) is 9.67. The molecule has 10 heteroatoms. The maximum Gasteiger partial charge on any atom is 0.326 e. The molecule has 4 rings (SSSR count). The van der Waals surface area contributed by atoms with Crippen molar-refractivity contribution < 1.29 is 33.2 Å². The highest BCUT2D eigenvalue weighted by atomic mass is 16.7. The van der Waals surface area contributed by atoms with E-state index >= 15 is 0 Å². The largest absolute Gasteiger partial charge is 0.493 e. The number of amides is 2. The molecule has 0 aliphatic carbocycles. The molecule has 10 nitrogen and oxygen atoms in total. The monoisotopic (exact) mass is 431 g/mol. The highest BCUT2D eigenvalue weighted by Gasteiger charge is 2.39. The Labute approximate surface area is 179 Å². The Morgan fingerprint density at radius 1 is 1.00 bits per heavy atom. The van der Waals surface area contributed by atoms with Gasteiger partial charge < -0.3 is 34.2 Å². The second-order valence-electron chi connectivity index (χ2n) is 7.21. The molecule has 0 radical (unpaired) electrons. The fourth-order valence-corrected chi connectivity index (χ4v) is 4.05. The predicted molar refractivity (Wildman–Crippen MR) is 110 cm³/mol. The van der Waals surface area contributed by atoms with Crippen molar-refractivity contribution in [3.05, 3.63) is 35.4 Å². The number of primary amides is 1. The number of rotatable bonds is 6. The lowest BCUT2D eigenvalue weighted by atomic mass is 9.78. The number of nitrogens with two attached hydrogens (primary N) is 1. The molecule has 0 saturated heterocycles. The van der Waals surface area contributed by atoms with E-state index in [-0.39, 0.29) is 18.6 Å². The summed E-state index contributed by atoms with van der Waals surface area (Å²) in [4.78, 5) is 11.2. The van der Waals surface area contributed by atoms with Gasteiger partial charge in [0.15, 0.2) is 29.2 Å². The summed E-state index contributed by atoms with van der Waals surface area (Å²) in [7, 11) is 4.70. The third-order valence-electron chi connectivity index (χ3n) is 5.48. The lowest BCUT2D eigenvalue weighted by molar-refractivity contribution is 0.0691. The van der Waals surface area contributed by atoms with Crippen LogP contribution in [0.1, 0.15) is 24.0 Å². The van der Waals surface area contributed by atoms with Crippen LogP contribution in [0.4, 0.5) is 4.79 Å². The second kappa shape index (κ2) is 8.31. The number of methoxy groups -OCH3 is 3. The molecule has 3 atom stereocenters. The topological polar surface area (TPSA) is 123 Å². The van der Waals surface area contributed by atoms with E-state index in [0.717, 1.165) is 11.1 Å². The van der Waals surface area contributed by atoms with Gasteiger partial charge in [-0.3, -0.25) is 5.43 Å². The summed E-state index contributed by atoms with van der Waals surface area (Å²) in [5.74, 6) is 3.12. The Balaban J connectivity index is 1.84. The first kappa shape index (κ1) is 20.7. The summed E-state index contributed by atoms with van der Waals surface area (Å²) in [6.45, 7) is 2.15. The number of carbonyl (C=O) groups excluding carboxylic acids is 1. The van der Waals surface area contributed by atoms with Crippen molar-refractivity contribution in [3.8, 4) is 34.5 Å². The molecule has 2 aliphatic heterocycles. The van der Waals surface area contributed by atoms with E-state index in [1.54, 1.807) is 27.4 Å². The Morgan fingerprint density at radius 3 is 2.23 bits per heavy atom. The van der Waals surface area contributed by atoms with Crippen molar-refractivity contribution in [3.63, 3.8) is 0 Å². The number of urea groups is 1. The van der Waals surface area contributed by atoms with Gasteiger partial charge in [0.05, 0.1) is 21.3 Å². The highest BCUT2D eigenvalue weighted by molar-refractivity contribution is 5.71. The Bertz CT molecular complexity index is 972. The lowest BCUT2D eigenvalue weighted by Crippen LogP contribution is -2.54. The van der Waals surface area contributed by atoms with Crippen molar-refractivity contribution in [2.75, 3.05) is 28.1 Å². The summed E-state index contributed by atoms with van der Waals surface area (Å²) in [5.41, 5.74) is 12.3. The van der Waals surface area contributed by atoms with Gasteiger partial charge in [0.2, 0.25) is 12.5 Å². The average molecular weight is 431 g/mol. The molecular formula is C21H25N3O7. The molecule has 0 bridgehead atoms. The van der Waals surface area contributed by atoms with Crippen LogP contribution in [0, 0.1) is 5.92 Å². The van der Waals surface area contributed by atoms with E-state index in [4.69, 9.17) is 34.2 Å². The number of ether oxygens (including phenoxy) is 6. The summed E-state index contributed by atoms with van der Waals surface area (Å²) >= 11 is 0. The number of fused-ring (bicyclic) bond motifs is 2. The van der Waals surface area contributed by atoms with E-state index in [1.165, 1.54) is 0 Å². The summed E-state index contributed by atoms with van der Waals surface area (Å²) < 4.78 is 33.8. The van der Waals surface area contributed by atoms with Crippen LogP contribution in [-0.4, -0.2) is 40.4 Å². The van der Waals surface area contributed by atoms with E-state index < -0.39 is 12.3 Å². The van der Waals surface area contributed by atoms with Gasteiger partial charge in [-0.1, -0.05) is 6.92 Å². The molecule has 0 aromatic heterocycles. The molecule has 0 saturated carbocycles. The molecule has 166 valence electrons. The van der Waals surface area contributed by atoms with Gasteiger partial charge in [0.1, 0.15) is 5.75 Å². The van der Waals surface area contributed by atoms with E-state index in [9.17, 15) is 4.79 Å². The SMILES string of the molecule is COc1cc([C@H]2c3cc4c(cc3O[C@H](NNC(N)=O)[C@@H]2C)OCO4)cc(OC)c1OC. The lowest BCUT2D eigenvalue weighted by Gasteiger charge is -2.38. The average Bonchev–Trinajstić information content (AvgIpc) is 3.22. The van der Waals surface area contributed by atoms with Gasteiger partial charge in [-0.15, -0.1) is 0 Å². The van der Waals surface area contributed by atoms with Crippen molar-refractivity contribution in [1.82, 2.24) is 10.9 Å². The van der Waals surface area contributed by atoms with Crippen LogP contribution in [0.25, 0.3) is 0 Å². The maximum atomic E-state index is 11.2. The van der Waals surface area contributed by atoms with Crippen LogP contribution in [0.5, 0.6) is 34.5 Å². The van der Waals surface area contributed by atoms with Gasteiger partial charge >= 0.3 is 6.03 Å². The predicted octanol–water partition coefficient (Wildman–Crippen LogP) is 2.10. The quantitative estimate of drug-likeness (QED) is 0.595. The van der Waals surface area contributed by atoms with Crippen LogP contribution in [0.15, 0.2) is 24.3 Å². The van der Waals surface area contributed by atoms with Crippen molar-refractivity contribution in [1.29, 1.82) is 0 Å². The van der Waals surface area contributed by atoms with Gasteiger partial charge in [-0.05, 0) is 23.8 Å².